The third kappa shape index (κ3) is 13.6. The minimum Gasteiger partial charge on any atom is -0.479 e. The Labute approximate surface area is 211 Å². The predicted octanol–water partition coefficient (Wildman–Crippen LogP) is 2.21. The highest BCUT2D eigenvalue weighted by atomic mass is 16.4. The van der Waals surface area contributed by atoms with Gasteiger partial charge in [0.1, 0.15) is 23.9 Å². The fourth-order valence-corrected chi connectivity index (χ4v) is 2.25. The van der Waals surface area contributed by atoms with E-state index in [1.165, 1.54) is 13.8 Å². The molecule has 0 radical (unpaired) electrons. The number of carbonyl (C=O) groups is 2. The molecule has 0 spiro atoms. The maximum Gasteiger partial charge on any atom is 0.332 e. The average molecular weight is 501 g/mol. The highest BCUT2D eigenvalue weighted by molar-refractivity contribution is 5.98. The summed E-state index contributed by atoms with van der Waals surface area (Å²) < 4.78 is 0. The highest BCUT2D eigenvalue weighted by Gasteiger charge is 2.02. The molecule has 0 saturated carbocycles. The molecule has 0 amide bonds. The monoisotopic (exact) mass is 500 g/mol. The van der Waals surface area contributed by atoms with Gasteiger partial charge in [0.25, 0.3) is 0 Å². The van der Waals surface area contributed by atoms with Crippen LogP contribution in [0.25, 0.3) is 12.2 Å². The van der Waals surface area contributed by atoms with Gasteiger partial charge in [-0.05, 0) is 38.8 Å². The van der Waals surface area contributed by atoms with Gasteiger partial charge in [0.15, 0.2) is 0 Å². The molecule has 2 aromatic carbocycles. The van der Waals surface area contributed by atoms with E-state index in [0.29, 0.717) is 24.8 Å². The van der Waals surface area contributed by atoms with E-state index in [4.69, 9.17) is 31.9 Å². The second kappa shape index (κ2) is 17.4. The number of aliphatic hydroxyl groups excluding tert-OH is 2. The molecule has 0 saturated heterocycles. The number of hydrogen-bond acceptors (Lipinski definition) is 6. The Morgan fingerprint density at radius 3 is 1.17 bits per heavy atom. The molecule has 0 heterocycles. The molecule has 0 aliphatic rings. The average Bonchev–Trinajstić information content (AvgIpc) is 2.84. The van der Waals surface area contributed by atoms with Crippen LogP contribution in [0, 0.1) is 0 Å². The summed E-state index contributed by atoms with van der Waals surface area (Å²) in [5.41, 5.74) is 15.9. The second-order valence-electron chi connectivity index (χ2n) is 7.32. The van der Waals surface area contributed by atoms with Gasteiger partial charge < -0.3 is 31.9 Å². The molecule has 0 bridgehead atoms. The first-order valence-corrected chi connectivity index (χ1v) is 11.2. The van der Waals surface area contributed by atoms with Crippen LogP contribution in [-0.2, 0) is 9.59 Å². The number of rotatable bonds is 8. The summed E-state index contributed by atoms with van der Waals surface area (Å²) in [6.45, 7) is 7.71. The van der Waals surface area contributed by atoms with Crippen LogP contribution in [0.15, 0.2) is 58.5 Å². The molecule has 0 aliphatic carbocycles. The molecule has 8 N–H and O–H groups in total. The summed E-state index contributed by atoms with van der Waals surface area (Å²) in [5.74, 6) is -1.21. The Hall–Kier alpha value is -4.02. The van der Waals surface area contributed by atoms with Gasteiger partial charge in [-0.25, -0.2) is 9.59 Å². The summed E-state index contributed by atoms with van der Waals surface area (Å²) >= 11 is 0. The van der Waals surface area contributed by atoms with Crippen LogP contribution in [0.1, 0.15) is 49.9 Å². The van der Waals surface area contributed by atoms with Gasteiger partial charge >= 0.3 is 11.9 Å². The lowest BCUT2D eigenvalue weighted by atomic mass is 10.1. The quantitative estimate of drug-likeness (QED) is 0.180. The minimum atomic E-state index is -1.23. The topological polar surface area (TPSA) is 192 Å². The molecule has 0 aromatic heterocycles. The smallest absolute Gasteiger partial charge is 0.332 e. The molecule has 196 valence electrons. The van der Waals surface area contributed by atoms with Crippen molar-refractivity contribution in [3.63, 3.8) is 0 Å². The van der Waals surface area contributed by atoms with Gasteiger partial charge in [0.2, 0.25) is 0 Å². The van der Waals surface area contributed by atoms with Crippen molar-refractivity contribution in [1.29, 1.82) is 0 Å². The van der Waals surface area contributed by atoms with E-state index in [9.17, 15) is 9.59 Å². The number of carboxylic acid groups (broad SMARTS) is 2. The Morgan fingerprint density at radius 2 is 0.972 bits per heavy atom. The number of benzene rings is 2. The fraction of sp³-hybridized carbons (Fsp3) is 0.308. The van der Waals surface area contributed by atoms with Gasteiger partial charge in [-0.1, -0.05) is 60.7 Å². The van der Waals surface area contributed by atoms with E-state index < -0.39 is 24.1 Å². The minimum absolute atomic E-state index is 0.579. The van der Waals surface area contributed by atoms with Gasteiger partial charge in [-0.2, -0.15) is 0 Å². The number of nitrogens with two attached hydrogens (primary N) is 2. The van der Waals surface area contributed by atoms with Crippen LogP contribution in [0.5, 0.6) is 0 Å². The summed E-state index contributed by atoms with van der Waals surface area (Å²) in [6.07, 6.45) is 1.67. The number of amidine groups is 2. The number of hydrogen-bond donors (Lipinski definition) is 6. The lowest BCUT2D eigenvalue weighted by molar-refractivity contribution is -0.146. The maximum absolute atomic E-state index is 9.45. The molecule has 2 atom stereocenters. The maximum atomic E-state index is 9.45. The van der Waals surface area contributed by atoms with Gasteiger partial charge in [-0.15, -0.1) is 0 Å². The van der Waals surface area contributed by atoms with Gasteiger partial charge in [-0.3, -0.25) is 9.98 Å². The summed E-state index contributed by atoms with van der Waals surface area (Å²) in [5, 5.41) is 31.5. The van der Waals surface area contributed by atoms with Crippen molar-refractivity contribution in [3.8, 4) is 0 Å². The zero-order valence-electron chi connectivity index (χ0n) is 21.0. The molecule has 10 nitrogen and oxygen atoms in total. The van der Waals surface area contributed by atoms with Gasteiger partial charge in [0.05, 0.1) is 0 Å². The molecule has 2 unspecified atom stereocenters. The molecule has 2 aromatic rings. The standard InChI is InChI=1S/C20H24N4.2C3H6O3/c1-3-23-19(21)17-11-7-15(8-12-17)5-6-16-9-13-18(14-10-16)20(22)24-4-2;2*1-2(4)3(5)6/h5-14H,3-4H2,1-2H3,(H2,21,23)(H2,22,24);2*2,4H,1H3,(H,5,6)/b6-5-;;. The van der Waals surface area contributed by atoms with Crippen molar-refractivity contribution < 1.29 is 30.0 Å². The second-order valence-corrected chi connectivity index (χ2v) is 7.32. The molecular weight excluding hydrogens is 464 g/mol. The van der Waals surface area contributed by atoms with Crippen molar-refractivity contribution in [3.05, 3.63) is 70.8 Å². The van der Waals surface area contributed by atoms with Crippen LogP contribution in [0.4, 0.5) is 0 Å². The molecular formula is C26H36N4O6. The highest BCUT2D eigenvalue weighted by Crippen LogP contribution is 2.11. The van der Waals surface area contributed by atoms with Crippen molar-refractivity contribution in [2.24, 2.45) is 21.5 Å². The molecule has 36 heavy (non-hydrogen) atoms. The molecule has 10 heteroatoms. The number of aliphatic carboxylic acids is 2. The Bertz CT molecular complexity index is 944. The first-order valence-electron chi connectivity index (χ1n) is 11.2. The summed E-state index contributed by atoms with van der Waals surface area (Å²) in [4.78, 5) is 27.3. The third-order valence-electron chi connectivity index (χ3n) is 4.25. The van der Waals surface area contributed by atoms with Crippen LogP contribution >= 0.6 is 0 Å². The molecule has 0 fully saturated rings. The number of carboxylic acids is 2. The van der Waals surface area contributed by atoms with E-state index in [-0.39, 0.29) is 0 Å². The fourth-order valence-electron chi connectivity index (χ4n) is 2.25. The van der Waals surface area contributed by atoms with Crippen LogP contribution in [0.3, 0.4) is 0 Å². The Morgan fingerprint density at radius 1 is 0.722 bits per heavy atom. The van der Waals surface area contributed by atoms with Crippen LogP contribution in [-0.4, -0.2) is 69.3 Å². The van der Waals surface area contributed by atoms with E-state index in [1.807, 2.05) is 62.4 Å². The lowest BCUT2D eigenvalue weighted by Crippen LogP contribution is -2.13. The largest absolute Gasteiger partial charge is 0.479 e. The first kappa shape index (κ1) is 32.0. The zero-order chi connectivity index (χ0) is 27.7. The Balaban J connectivity index is 0.000000846. The molecule has 0 aliphatic heterocycles. The third-order valence-corrected chi connectivity index (χ3v) is 4.25. The molecule has 2 rings (SSSR count). The number of aliphatic hydroxyl groups is 2. The van der Waals surface area contributed by atoms with Crippen molar-refractivity contribution in [2.75, 3.05) is 13.1 Å². The van der Waals surface area contributed by atoms with Crippen LogP contribution in [0.2, 0.25) is 0 Å². The van der Waals surface area contributed by atoms with Crippen molar-refractivity contribution in [1.82, 2.24) is 0 Å². The SMILES string of the molecule is CC(O)C(=O)O.CC(O)C(=O)O.CCN=C(N)c1ccc(/C=C\c2ccc(C(N)=NCC)cc2)cc1. The Kier molecular flexibility index (Phi) is 15.5. The zero-order valence-corrected chi connectivity index (χ0v) is 21.0. The van der Waals surface area contributed by atoms with E-state index in [1.54, 1.807) is 0 Å². The van der Waals surface area contributed by atoms with E-state index in [2.05, 4.69) is 22.1 Å². The van der Waals surface area contributed by atoms with Gasteiger partial charge in [0, 0.05) is 24.2 Å². The van der Waals surface area contributed by atoms with E-state index in [0.717, 1.165) is 22.3 Å². The summed E-state index contributed by atoms with van der Waals surface area (Å²) in [6, 6.07) is 16.1. The van der Waals surface area contributed by atoms with Crippen molar-refractivity contribution in [2.45, 2.75) is 39.9 Å². The predicted molar refractivity (Wildman–Crippen MR) is 143 cm³/mol. The van der Waals surface area contributed by atoms with Crippen molar-refractivity contribution >= 4 is 35.8 Å². The number of nitrogens with zero attached hydrogens (tertiary/aromatic N) is 2. The number of aliphatic imine (C=N–C) groups is 2. The normalized spacial score (nSPS) is 13.1. The van der Waals surface area contributed by atoms with E-state index >= 15 is 0 Å². The lowest BCUT2D eigenvalue weighted by Gasteiger charge is -2.02. The van der Waals surface area contributed by atoms with Crippen LogP contribution < -0.4 is 11.5 Å². The first-order chi connectivity index (χ1) is 16.9. The summed E-state index contributed by atoms with van der Waals surface area (Å²) in [7, 11) is 0.